The van der Waals surface area contributed by atoms with E-state index in [1.54, 1.807) is 24.7 Å². The molecule has 17 heavy (non-hydrogen) atoms. The van der Waals surface area contributed by atoms with Crippen molar-refractivity contribution in [1.82, 2.24) is 25.1 Å². The van der Waals surface area contributed by atoms with Crippen molar-refractivity contribution >= 4 is 11.6 Å². The van der Waals surface area contributed by atoms with Crippen LogP contribution < -0.4 is 5.32 Å². The maximum Gasteiger partial charge on any atom is 0.151 e. The van der Waals surface area contributed by atoms with Crippen LogP contribution in [-0.4, -0.2) is 26.8 Å². The van der Waals surface area contributed by atoms with Gasteiger partial charge in [-0.1, -0.05) is 11.6 Å². The summed E-state index contributed by atoms with van der Waals surface area (Å²) in [6, 6.07) is 1.64. The lowest BCUT2D eigenvalue weighted by Crippen LogP contribution is -2.23. The summed E-state index contributed by atoms with van der Waals surface area (Å²) in [5, 5.41) is 8.01. The zero-order chi connectivity index (χ0) is 12.3. The summed E-state index contributed by atoms with van der Waals surface area (Å²) in [5.74, 6) is 0.687. The van der Waals surface area contributed by atoms with Gasteiger partial charge < -0.3 is 5.32 Å². The lowest BCUT2D eigenvalue weighted by Gasteiger charge is -2.16. The van der Waals surface area contributed by atoms with Crippen LogP contribution in [0.1, 0.15) is 24.5 Å². The average Bonchev–Trinajstić information content (AvgIpc) is 2.74. The van der Waals surface area contributed by atoms with Crippen molar-refractivity contribution in [3.8, 4) is 0 Å². The third kappa shape index (κ3) is 2.30. The molecule has 0 aliphatic rings. The Morgan fingerprint density at radius 3 is 2.71 bits per heavy atom. The normalized spacial score (nSPS) is 12.6. The third-order valence-electron chi connectivity index (χ3n) is 2.54. The molecular formula is C11H14ClN5. The van der Waals surface area contributed by atoms with Crippen LogP contribution in [0.4, 0.5) is 0 Å². The lowest BCUT2D eigenvalue weighted by molar-refractivity contribution is 0.546. The summed E-state index contributed by atoms with van der Waals surface area (Å²) in [6.45, 7) is 2.78. The van der Waals surface area contributed by atoms with E-state index >= 15 is 0 Å². The monoisotopic (exact) mass is 251 g/mol. The Morgan fingerprint density at radius 2 is 2.12 bits per heavy atom. The van der Waals surface area contributed by atoms with E-state index in [0.717, 1.165) is 12.2 Å². The Bertz CT molecular complexity index is 482. The maximum absolute atomic E-state index is 6.17. The minimum absolute atomic E-state index is 0.147. The number of aryl methyl sites for hydroxylation is 1. The van der Waals surface area contributed by atoms with Gasteiger partial charge in [0.15, 0.2) is 5.82 Å². The first-order valence-electron chi connectivity index (χ1n) is 5.43. The van der Waals surface area contributed by atoms with Crippen molar-refractivity contribution in [2.75, 3.05) is 7.05 Å². The predicted molar refractivity (Wildman–Crippen MR) is 65.8 cm³/mol. The minimum Gasteiger partial charge on any atom is -0.305 e. The molecule has 0 aliphatic carbocycles. The molecule has 0 saturated heterocycles. The summed E-state index contributed by atoms with van der Waals surface area (Å²) in [6.07, 6.45) is 5.08. The summed E-state index contributed by atoms with van der Waals surface area (Å²) >= 11 is 6.17. The fraction of sp³-hybridized carbons (Fsp3) is 0.364. The standard InChI is InChI=1S/C11H14ClN5/c1-3-17-10(8(12)7-16-17)9(13-2)11-14-5-4-6-15-11/h4-7,9,13H,3H2,1-2H3. The number of nitrogens with zero attached hydrogens (tertiary/aromatic N) is 4. The maximum atomic E-state index is 6.17. The van der Waals surface area contributed by atoms with Gasteiger partial charge in [-0.2, -0.15) is 5.10 Å². The first-order valence-corrected chi connectivity index (χ1v) is 5.81. The Morgan fingerprint density at radius 1 is 1.41 bits per heavy atom. The molecule has 0 amide bonds. The van der Waals surface area contributed by atoms with Gasteiger partial charge >= 0.3 is 0 Å². The first-order chi connectivity index (χ1) is 8.27. The van der Waals surface area contributed by atoms with Gasteiger partial charge in [-0.25, -0.2) is 9.97 Å². The molecule has 1 atom stereocenters. The van der Waals surface area contributed by atoms with E-state index in [-0.39, 0.29) is 6.04 Å². The van der Waals surface area contributed by atoms with Gasteiger partial charge in [0, 0.05) is 18.9 Å². The highest BCUT2D eigenvalue weighted by atomic mass is 35.5. The Kier molecular flexibility index (Phi) is 3.71. The number of hydrogen-bond acceptors (Lipinski definition) is 4. The number of rotatable bonds is 4. The van der Waals surface area contributed by atoms with Crippen molar-refractivity contribution in [3.05, 3.63) is 41.2 Å². The van der Waals surface area contributed by atoms with Crippen LogP contribution in [0.3, 0.4) is 0 Å². The van der Waals surface area contributed by atoms with E-state index in [9.17, 15) is 0 Å². The third-order valence-corrected chi connectivity index (χ3v) is 2.83. The molecule has 2 heterocycles. The van der Waals surface area contributed by atoms with Crippen molar-refractivity contribution in [2.24, 2.45) is 0 Å². The van der Waals surface area contributed by atoms with Crippen LogP contribution in [-0.2, 0) is 6.54 Å². The molecule has 5 nitrogen and oxygen atoms in total. The topological polar surface area (TPSA) is 55.6 Å². The van der Waals surface area contributed by atoms with Crippen molar-refractivity contribution in [3.63, 3.8) is 0 Å². The van der Waals surface area contributed by atoms with Gasteiger partial charge in [-0.3, -0.25) is 4.68 Å². The van der Waals surface area contributed by atoms with Crippen LogP contribution >= 0.6 is 11.6 Å². The highest BCUT2D eigenvalue weighted by Gasteiger charge is 2.22. The minimum atomic E-state index is -0.147. The second-order valence-corrected chi connectivity index (χ2v) is 3.93. The molecule has 0 fully saturated rings. The average molecular weight is 252 g/mol. The second kappa shape index (κ2) is 5.25. The van der Waals surface area contributed by atoms with Crippen molar-refractivity contribution < 1.29 is 0 Å². The second-order valence-electron chi connectivity index (χ2n) is 3.52. The van der Waals surface area contributed by atoms with E-state index in [2.05, 4.69) is 20.4 Å². The van der Waals surface area contributed by atoms with Crippen molar-refractivity contribution in [2.45, 2.75) is 19.5 Å². The molecule has 2 aromatic heterocycles. The van der Waals surface area contributed by atoms with Gasteiger partial charge in [-0.05, 0) is 20.0 Å². The van der Waals surface area contributed by atoms with E-state index in [0.29, 0.717) is 10.8 Å². The Hall–Kier alpha value is -1.46. The number of halogens is 1. The van der Waals surface area contributed by atoms with Gasteiger partial charge in [0.1, 0.15) is 6.04 Å². The molecule has 2 rings (SSSR count). The number of nitrogens with one attached hydrogen (secondary N) is 1. The zero-order valence-corrected chi connectivity index (χ0v) is 10.5. The molecule has 0 aromatic carbocycles. The molecular weight excluding hydrogens is 238 g/mol. The molecule has 0 radical (unpaired) electrons. The highest BCUT2D eigenvalue weighted by Crippen LogP contribution is 2.25. The van der Waals surface area contributed by atoms with E-state index < -0.39 is 0 Å². The highest BCUT2D eigenvalue weighted by molar-refractivity contribution is 6.31. The molecule has 0 aliphatic heterocycles. The Balaban J connectivity index is 2.45. The number of aromatic nitrogens is 4. The summed E-state index contributed by atoms with van der Waals surface area (Å²) in [5.41, 5.74) is 0.892. The SMILES string of the molecule is CCn1ncc(Cl)c1C(NC)c1ncccn1. The Labute approximate surface area is 105 Å². The molecule has 0 saturated carbocycles. The van der Waals surface area contributed by atoms with Crippen LogP contribution in [0.2, 0.25) is 5.02 Å². The zero-order valence-electron chi connectivity index (χ0n) is 9.76. The summed E-state index contributed by atoms with van der Waals surface area (Å²) in [4.78, 5) is 8.50. The summed E-state index contributed by atoms with van der Waals surface area (Å²) in [7, 11) is 1.85. The van der Waals surface area contributed by atoms with Crippen LogP contribution in [0.15, 0.2) is 24.7 Å². The molecule has 0 bridgehead atoms. The van der Waals surface area contributed by atoms with Gasteiger partial charge in [0.05, 0.1) is 16.9 Å². The molecule has 90 valence electrons. The molecule has 1 unspecified atom stereocenters. The van der Waals surface area contributed by atoms with Gasteiger partial charge in [0.2, 0.25) is 0 Å². The van der Waals surface area contributed by atoms with E-state index in [1.165, 1.54) is 0 Å². The number of hydrogen-bond donors (Lipinski definition) is 1. The van der Waals surface area contributed by atoms with Crippen LogP contribution in [0, 0.1) is 0 Å². The summed E-state index contributed by atoms with van der Waals surface area (Å²) < 4.78 is 1.85. The smallest absolute Gasteiger partial charge is 0.151 e. The molecule has 1 N–H and O–H groups in total. The largest absolute Gasteiger partial charge is 0.305 e. The van der Waals surface area contributed by atoms with E-state index in [4.69, 9.17) is 11.6 Å². The molecule has 2 aromatic rings. The fourth-order valence-electron chi connectivity index (χ4n) is 1.76. The lowest BCUT2D eigenvalue weighted by atomic mass is 10.2. The first kappa shape index (κ1) is 12.0. The predicted octanol–water partition coefficient (Wildman–Crippen LogP) is 1.66. The van der Waals surface area contributed by atoms with Gasteiger partial charge in [0.25, 0.3) is 0 Å². The quantitative estimate of drug-likeness (QED) is 0.898. The van der Waals surface area contributed by atoms with E-state index in [1.807, 2.05) is 18.7 Å². The molecule has 0 spiro atoms. The van der Waals surface area contributed by atoms with Crippen LogP contribution in [0.25, 0.3) is 0 Å². The van der Waals surface area contributed by atoms with Crippen molar-refractivity contribution in [1.29, 1.82) is 0 Å². The fourth-order valence-corrected chi connectivity index (χ4v) is 2.01. The van der Waals surface area contributed by atoms with Gasteiger partial charge in [-0.15, -0.1) is 0 Å². The van der Waals surface area contributed by atoms with Crippen LogP contribution in [0.5, 0.6) is 0 Å². The molecule has 6 heteroatoms.